The van der Waals surface area contributed by atoms with Gasteiger partial charge in [-0.25, -0.2) is 0 Å². The normalized spacial score (nSPS) is 12.1. The van der Waals surface area contributed by atoms with E-state index in [4.69, 9.17) is 10.3 Å². The SMILES string of the molecule is CCc1cc(-c2nc(C(C)(C)N)no2)n(C)n1. The van der Waals surface area contributed by atoms with Crippen molar-refractivity contribution < 1.29 is 4.52 Å². The van der Waals surface area contributed by atoms with Crippen LogP contribution in [-0.2, 0) is 19.0 Å². The van der Waals surface area contributed by atoms with E-state index in [1.54, 1.807) is 4.68 Å². The molecule has 0 aliphatic carbocycles. The molecule has 0 amide bonds. The molecule has 2 rings (SSSR count). The van der Waals surface area contributed by atoms with Crippen LogP contribution in [0.3, 0.4) is 0 Å². The molecule has 2 aromatic heterocycles. The number of nitrogens with two attached hydrogens (primary N) is 1. The first-order chi connectivity index (χ1) is 7.91. The first-order valence-corrected chi connectivity index (χ1v) is 5.58. The van der Waals surface area contributed by atoms with Gasteiger partial charge in [-0.3, -0.25) is 4.68 Å². The summed E-state index contributed by atoms with van der Waals surface area (Å²) in [5, 5.41) is 8.22. The van der Waals surface area contributed by atoms with E-state index in [2.05, 4.69) is 15.2 Å². The molecule has 2 aromatic rings. The molecule has 0 aromatic carbocycles. The second-order valence-electron chi connectivity index (χ2n) is 4.64. The summed E-state index contributed by atoms with van der Waals surface area (Å²) in [5.74, 6) is 0.944. The van der Waals surface area contributed by atoms with E-state index in [1.165, 1.54) is 0 Å². The zero-order valence-corrected chi connectivity index (χ0v) is 10.6. The van der Waals surface area contributed by atoms with Crippen LogP contribution < -0.4 is 5.73 Å². The van der Waals surface area contributed by atoms with Gasteiger partial charge in [-0.2, -0.15) is 10.1 Å². The van der Waals surface area contributed by atoms with Crippen LogP contribution in [0.25, 0.3) is 11.6 Å². The van der Waals surface area contributed by atoms with Gasteiger partial charge >= 0.3 is 0 Å². The van der Waals surface area contributed by atoms with Gasteiger partial charge in [0.25, 0.3) is 5.89 Å². The quantitative estimate of drug-likeness (QED) is 0.865. The lowest BCUT2D eigenvalue weighted by atomic mass is 10.1. The molecule has 0 aliphatic heterocycles. The molecule has 2 heterocycles. The average Bonchev–Trinajstić information content (AvgIpc) is 2.82. The second kappa shape index (κ2) is 3.96. The zero-order chi connectivity index (χ0) is 12.6. The topological polar surface area (TPSA) is 82.8 Å². The number of nitrogens with zero attached hydrogens (tertiary/aromatic N) is 4. The van der Waals surface area contributed by atoms with Gasteiger partial charge in [-0.05, 0) is 26.3 Å². The van der Waals surface area contributed by atoms with Crippen LogP contribution in [0, 0.1) is 0 Å². The highest BCUT2D eigenvalue weighted by atomic mass is 16.5. The van der Waals surface area contributed by atoms with Crippen LogP contribution in [-0.4, -0.2) is 19.9 Å². The fraction of sp³-hybridized carbons (Fsp3) is 0.545. The lowest BCUT2D eigenvalue weighted by Gasteiger charge is -2.11. The Bertz CT molecular complexity index is 520. The molecular weight excluding hydrogens is 218 g/mol. The minimum Gasteiger partial charge on any atom is -0.332 e. The Morgan fingerprint density at radius 3 is 2.65 bits per heavy atom. The third-order valence-electron chi connectivity index (χ3n) is 2.51. The fourth-order valence-corrected chi connectivity index (χ4v) is 1.49. The summed E-state index contributed by atoms with van der Waals surface area (Å²) in [5.41, 5.74) is 7.11. The summed E-state index contributed by atoms with van der Waals surface area (Å²) in [6.07, 6.45) is 0.872. The van der Waals surface area contributed by atoms with Crippen LogP contribution in [0.2, 0.25) is 0 Å². The highest BCUT2D eigenvalue weighted by Crippen LogP contribution is 2.21. The highest BCUT2D eigenvalue weighted by Gasteiger charge is 2.23. The number of hydrogen-bond donors (Lipinski definition) is 1. The Morgan fingerprint density at radius 2 is 2.18 bits per heavy atom. The van der Waals surface area contributed by atoms with E-state index < -0.39 is 5.54 Å². The van der Waals surface area contributed by atoms with Crippen LogP contribution in [0.15, 0.2) is 10.6 Å². The third kappa shape index (κ3) is 2.21. The van der Waals surface area contributed by atoms with Gasteiger partial charge in [-0.1, -0.05) is 12.1 Å². The van der Waals surface area contributed by atoms with Crippen molar-refractivity contribution in [2.45, 2.75) is 32.7 Å². The van der Waals surface area contributed by atoms with E-state index in [0.717, 1.165) is 17.8 Å². The van der Waals surface area contributed by atoms with Crippen molar-refractivity contribution in [2.24, 2.45) is 12.8 Å². The Balaban J connectivity index is 2.40. The summed E-state index contributed by atoms with van der Waals surface area (Å²) >= 11 is 0. The molecule has 17 heavy (non-hydrogen) atoms. The standard InChI is InChI=1S/C11H17N5O/c1-5-7-6-8(16(4)14-7)9-13-10(15-17-9)11(2,3)12/h6H,5,12H2,1-4H3. The summed E-state index contributed by atoms with van der Waals surface area (Å²) in [6, 6.07) is 1.95. The first-order valence-electron chi connectivity index (χ1n) is 5.58. The van der Waals surface area contributed by atoms with Crippen LogP contribution in [0.1, 0.15) is 32.3 Å². The zero-order valence-electron chi connectivity index (χ0n) is 10.6. The van der Waals surface area contributed by atoms with E-state index in [-0.39, 0.29) is 0 Å². The molecular formula is C11H17N5O. The minimum absolute atomic E-state index is 0.452. The van der Waals surface area contributed by atoms with E-state index in [0.29, 0.717) is 11.7 Å². The summed E-state index contributed by atoms with van der Waals surface area (Å²) in [7, 11) is 1.85. The van der Waals surface area contributed by atoms with Gasteiger partial charge in [0.05, 0.1) is 11.2 Å². The summed E-state index contributed by atoms with van der Waals surface area (Å²) in [6.45, 7) is 5.72. The van der Waals surface area contributed by atoms with Crippen molar-refractivity contribution in [2.75, 3.05) is 0 Å². The lowest BCUT2D eigenvalue weighted by molar-refractivity contribution is 0.395. The maximum atomic E-state index is 5.91. The highest BCUT2D eigenvalue weighted by molar-refractivity contribution is 5.48. The van der Waals surface area contributed by atoms with Crippen molar-refractivity contribution >= 4 is 0 Å². The summed E-state index contributed by atoms with van der Waals surface area (Å²) in [4.78, 5) is 4.30. The van der Waals surface area contributed by atoms with Gasteiger partial charge in [0.2, 0.25) is 0 Å². The molecule has 0 aliphatic rings. The van der Waals surface area contributed by atoms with Gasteiger partial charge in [0.1, 0.15) is 5.69 Å². The Morgan fingerprint density at radius 1 is 1.47 bits per heavy atom. The molecule has 0 unspecified atom stereocenters. The molecule has 0 radical (unpaired) electrons. The van der Waals surface area contributed by atoms with Gasteiger partial charge < -0.3 is 10.3 Å². The third-order valence-corrected chi connectivity index (χ3v) is 2.51. The average molecular weight is 235 g/mol. The van der Waals surface area contributed by atoms with Crippen LogP contribution in [0.4, 0.5) is 0 Å². The Hall–Kier alpha value is -1.69. The van der Waals surface area contributed by atoms with Crippen LogP contribution in [0.5, 0.6) is 0 Å². The lowest BCUT2D eigenvalue weighted by Crippen LogP contribution is -2.30. The number of rotatable bonds is 3. The maximum Gasteiger partial charge on any atom is 0.276 e. The first kappa shape index (κ1) is 11.8. The molecule has 6 nitrogen and oxygen atoms in total. The van der Waals surface area contributed by atoms with Crippen molar-refractivity contribution in [3.63, 3.8) is 0 Å². The molecule has 0 saturated heterocycles. The molecule has 0 bridgehead atoms. The molecule has 0 spiro atoms. The van der Waals surface area contributed by atoms with Crippen LogP contribution >= 0.6 is 0 Å². The summed E-state index contributed by atoms with van der Waals surface area (Å²) < 4.78 is 6.95. The second-order valence-corrected chi connectivity index (χ2v) is 4.64. The predicted molar refractivity (Wildman–Crippen MR) is 63.1 cm³/mol. The monoisotopic (exact) mass is 235 g/mol. The molecule has 6 heteroatoms. The minimum atomic E-state index is -0.603. The van der Waals surface area contributed by atoms with Crippen molar-refractivity contribution in [3.8, 4) is 11.6 Å². The number of aryl methyl sites for hydroxylation is 2. The van der Waals surface area contributed by atoms with Gasteiger partial charge in [-0.15, -0.1) is 0 Å². The van der Waals surface area contributed by atoms with Gasteiger partial charge in [0, 0.05) is 7.05 Å². The smallest absolute Gasteiger partial charge is 0.276 e. The maximum absolute atomic E-state index is 5.91. The van der Waals surface area contributed by atoms with E-state index in [9.17, 15) is 0 Å². The predicted octanol–water partition coefficient (Wildman–Crippen LogP) is 1.23. The Labute approximate surface area is 99.8 Å². The Kier molecular flexibility index (Phi) is 2.74. The van der Waals surface area contributed by atoms with Crippen molar-refractivity contribution in [3.05, 3.63) is 17.6 Å². The van der Waals surface area contributed by atoms with E-state index >= 15 is 0 Å². The number of hydrogen-bond acceptors (Lipinski definition) is 5. The van der Waals surface area contributed by atoms with E-state index in [1.807, 2.05) is 33.9 Å². The largest absolute Gasteiger partial charge is 0.332 e. The fourth-order valence-electron chi connectivity index (χ4n) is 1.49. The van der Waals surface area contributed by atoms with Gasteiger partial charge in [0.15, 0.2) is 5.82 Å². The van der Waals surface area contributed by atoms with Crippen molar-refractivity contribution in [1.29, 1.82) is 0 Å². The molecule has 92 valence electrons. The van der Waals surface area contributed by atoms with Crippen molar-refractivity contribution in [1.82, 2.24) is 19.9 Å². The molecule has 0 saturated carbocycles. The molecule has 2 N–H and O–H groups in total. The molecule has 0 fully saturated rings. The molecule has 0 atom stereocenters. The number of aromatic nitrogens is 4.